The normalized spacial score (nSPS) is 10.7. The fraction of sp³-hybridized carbons (Fsp3) is 0.214. The highest BCUT2D eigenvalue weighted by atomic mass is 16.5. The molecule has 0 N–H and O–H groups in total. The zero-order valence-electron chi connectivity index (χ0n) is 20.2. The van der Waals surface area contributed by atoms with Crippen LogP contribution in [-0.2, 0) is 23.0 Å². The van der Waals surface area contributed by atoms with Crippen molar-refractivity contribution in [3.8, 4) is 28.5 Å². The summed E-state index contributed by atoms with van der Waals surface area (Å²) in [5.41, 5.74) is 3.79. The smallest absolute Gasteiger partial charge is 0.310 e. The highest BCUT2D eigenvalue weighted by molar-refractivity contribution is 6.14. The lowest BCUT2D eigenvalue weighted by atomic mass is 10.0. The molecule has 7 nitrogen and oxygen atoms in total. The van der Waals surface area contributed by atoms with E-state index in [2.05, 4.69) is 0 Å². The van der Waals surface area contributed by atoms with Crippen LogP contribution in [-0.4, -0.2) is 44.3 Å². The van der Waals surface area contributed by atoms with E-state index >= 15 is 0 Å². The van der Waals surface area contributed by atoms with Crippen LogP contribution in [0.25, 0.3) is 22.2 Å². The molecule has 0 aliphatic rings. The Balaban J connectivity index is 1.57. The van der Waals surface area contributed by atoms with Gasteiger partial charge < -0.3 is 23.5 Å². The molecule has 4 rings (SSSR count). The summed E-state index contributed by atoms with van der Waals surface area (Å²) >= 11 is 0. The van der Waals surface area contributed by atoms with Gasteiger partial charge >= 0.3 is 5.97 Å². The molecule has 0 aliphatic carbocycles. The largest absolute Gasteiger partial charge is 0.493 e. The van der Waals surface area contributed by atoms with E-state index in [1.54, 1.807) is 12.1 Å². The number of ether oxygens (including phenoxy) is 4. The molecule has 0 bridgehead atoms. The number of esters is 1. The molecular weight excluding hydrogens is 446 g/mol. The summed E-state index contributed by atoms with van der Waals surface area (Å²) in [6, 6.07) is 20.8. The molecule has 0 saturated carbocycles. The number of nitrogens with zero attached hydrogens (tertiary/aromatic N) is 1. The van der Waals surface area contributed by atoms with Crippen LogP contribution >= 0.6 is 0 Å². The number of carbonyl (C=O) groups is 2. The molecule has 180 valence electrons. The van der Waals surface area contributed by atoms with Crippen LogP contribution in [0.15, 0.2) is 66.7 Å². The van der Waals surface area contributed by atoms with Gasteiger partial charge in [-0.15, -0.1) is 0 Å². The maximum Gasteiger partial charge on any atom is 0.310 e. The second-order valence-corrected chi connectivity index (χ2v) is 7.96. The minimum Gasteiger partial charge on any atom is -0.493 e. The van der Waals surface area contributed by atoms with Crippen LogP contribution in [0.2, 0.25) is 0 Å². The number of Topliss-reactive ketones (excluding diaryl/α,β-unsaturated/α-hetero) is 1. The first-order valence-corrected chi connectivity index (χ1v) is 11.1. The zero-order chi connectivity index (χ0) is 24.9. The third kappa shape index (κ3) is 4.71. The summed E-state index contributed by atoms with van der Waals surface area (Å²) in [5.74, 6) is 0.516. The number of fused-ring (bicyclic) bond motifs is 1. The minimum absolute atomic E-state index is 0.0505. The van der Waals surface area contributed by atoms with Gasteiger partial charge in [-0.05, 0) is 29.3 Å². The summed E-state index contributed by atoms with van der Waals surface area (Å²) in [6.45, 7) is -0.364. The van der Waals surface area contributed by atoms with Crippen LogP contribution in [0.5, 0.6) is 17.2 Å². The van der Waals surface area contributed by atoms with Crippen molar-refractivity contribution in [3.63, 3.8) is 0 Å². The highest BCUT2D eigenvalue weighted by Gasteiger charge is 2.23. The van der Waals surface area contributed by atoms with Crippen molar-refractivity contribution in [2.24, 2.45) is 7.05 Å². The fourth-order valence-corrected chi connectivity index (χ4v) is 4.28. The van der Waals surface area contributed by atoms with Crippen LogP contribution < -0.4 is 14.2 Å². The standard InChI is InChI=1S/C28H27NO6/c1-29-21-13-9-8-12-20(21)26(27(29)19-10-6-5-7-11-19)22(30)17-35-25(31)16-18-14-23(32-2)28(34-4)24(15-18)33-3/h5-15H,16-17H2,1-4H3. The van der Waals surface area contributed by atoms with E-state index in [1.165, 1.54) is 21.3 Å². The summed E-state index contributed by atoms with van der Waals surface area (Å²) in [6.07, 6.45) is -0.0505. The van der Waals surface area contributed by atoms with Gasteiger partial charge in [-0.25, -0.2) is 0 Å². The topological polar surface area (TPSA) is 76.0 Å². The molecule has 35 heavy (non-hydrogen) atoms. The van der Waals surface area contributed by atoms with Gasteiger partial charge in [0.15, 0.2) is 18.1 Å². The molecule has 0 fully saturated rings. The van der Waals surface area contributed by atoms with E-state index in [4.69, 9.17) is 18.9 Å². The lowest BCUT2D eigenvalue weighted by Crippen LogP contribution is -2.16. The number of para-hydroxylation sites is 1. The van der Waals surface area contributed by atoms with Crippen LogP contribution in [0.1, 0.15) is 15.9 Å². The summed E-state index contributed by atoms with van der Waals surface area (Å²) < 4.78 is 23.4. The van der Waals surface area contributed by atoms with Gasteiger partial charge in [0.25, 0.3) is 0 Å². The number of hydrogen-bond acceptors (Lipinski definition) is 6. The lowest BCUT2D eigenvalue weighted by molar-refractivity contribution is -0.141. The Kier molecular flexibility index (Phi) is 7.06. The molecule has 1 heterocycles. The Hall–Kier alpha value is -4.26. The summed E-state index contributed by atoms with van der Waals surface area (Å²) in [7, 11) is 6.45. The van der Waals surface area contributed by atoms with Gasteiger partial charge in [-0.1, -0.05) is 48.5 Å². The molecule has 7 heteroatoms. The van der Waals surface area contributed by atoms with Crippen molar-refractivity contribution < 1.29 is 28.5 Å². The zero-order valence-corrected chi connectivity index (χ0v) is 20.2. The Labute approximate surface area is 203 Å². The number of methoxy groups -OCH3 is 3. The lowest BCUT2D eigenvalue weighted by Gasteiger charge is -2.14. The van der Waals surface area contributed by atoms with Gasteiger partial charge in [0.1, 0.15) is 0 Å². The van der Waals surface area contributed by atoms with Gasteiger partial charge in [-0.2, -0.15) is 0 Å². The van der Waals surface area contributed by atoms with Crippen molar-refractivity contribution in [2.75, 3.05) is 27.9 Å². The second kappa shape index (κ2) is 10.3. The Morgan fingerprint density at radius 3 is 2.09 bits per heavy atom. The quantitative estimate of drug-likeness (QED) is 0.256. The van der Waals surface area contributed by atoms with E-state index in [0.29, 0.717) is 28.4 Å². The predicted molar refractivity (Wildman–Crippen MR) is 133 cm³/mol. The van der Waals surface area contributed by atoms with Crippen molar-refractivity contribution in [3.05, 3.63) is 77.9 Å². The van der Waals surface area contributed by atoms with E-state index in [-0.39, 0.29) is 18.8 Å². The number of carbonyl (C=O) groups excluding carboxylic acids is 2. The molecular formula is C28H27NO6. The Morgan fingerprint density at radius 2 is 1.46 bits per heavy atom. The fourth-order valence-electron chi connectivity index (χ4n) is 4.28. The molecule has 0 spiro atoms. The van der Waals surface area contributed by atoms with Gasteiger partial charge in [0, 0.05) is 18.0 Å². The van der Waals surface area contributed by atoms with Crippen molar-refractivity contribution in [1.82, 2.24) is 4.57 Å². The van der Waals surface area contributed by atoms with Crippen LogP contribution in [0.4, 0.5) is 0 Å². The number of ketones is 1. The maximum absolute atomic E-state index is 13.4. The third-order valence-corrected chi connectivity index (χ3v) is 5.87. The minimum atomic E-state index is -0.533. The second-order valence-electron chi connectivity index (χ2n) is 7.96. The van der Waals surface area contributed by atoms with E-state index < -0.39 is 5.97 Å². The predicted octanol–water partition coefficient (Wildman–Crippen LogP) is 4.84. The molecule has 1 aromatic heterocycles. The maximum atomic E-state index is 13.4. The third-order valence-electron chi connectivity index (χ3n) is 5.87. The van der Waals surface area contributed by atoms with E-state index in [9.17, 15) is 9.59 Å². The molecule has 3 aromatic carbocycles. The first kappa shape index (κ1) is 23.9. The van der Waals surface area contributed by atoms with Crippen LogP contribution in [0, 0.1) is 0 Å². The number of aryl methyl sites for hydroxylation is 1. The summed E-state index contributed by atoms with van der Waals surface area (Å²) in [4.78, 5) is 26.0. The summed E-state index contributed by atoms with van der Waals surface area (Å²) in [5, 5.41) is 0.819. The monoisotopic (exact) mass is 473 g/mol. The molecule has 4 aromatic rings. The molecule has 0 amide bonds. The van der Waals surface area contributed by atoms with Crippen molar-refractivity contribution >= 4 is 22.7 Å². The Bertz CT molecular complexity index is 1350. The van der Waals surface area contributed by atoms with E-state index in [1.807, 2.05) is 66.2 Å². The van der Waals surface area contributed by atoms with Crippen LogP contribution in [0.3, 0.4) is 0 Å². The van der Waals surface area contributed by atoms with E-state index in [0.717, 1.165) is 22.2 Å². The SMILES string of the molecule is COc1cc(CC(=O)OCC(=O)c2c(-c3ccccc3)n(C)c3ccccc23)cc(OC)c1OC. The number of rotatable bonds is 9. The Morgan fingerprint density at radius 1 is 0.829 bits per heavy atom. The molecule has 0 saturated heterocycles. The molecule has 0 unspecified atom stereocenters. The van der Waals surface area contributed by atoms with Crippen molar-refractivity contribution in [2.45, 2.75) is 6.42 Å². The van der Waals surface area contributed by atoms with Gasteiger partial charge in [0.05, 0.1) is 39.0 Å². The highest BCUT2D eigenvalue weighted by Crippen LogP contribution is 2.38. The van der Waals surface area contributed by atoms with Gasteiger partial charge in [-0.3, -0.25) is 9.59 Å². The molecule has 0 aliphatic heterocycles. The average Bonchev–Trinajstić information content (AvgIpc) is 3.19. The molecule has 0 atom stereocenters. The number of hydrogen-bond donors (Lipinski definition) is 0. The first-order chi connectivity index (χ1) is 17.0. The average molecular weight is 474 g/mol. The van der Waals surface area contributed by atoms with Gasteiger partial charge in [0.2, 0.25) is 11.5 Å². The van der Waals surface area contributed by atoms with Crippen molar-refractivity contribution in [1.29, 1.82) is 0 Å². The molecule has 0 radical (unpaired) electrons. The first-order valence-electron chi connectivity index (χ1n) is 11.1. The number of aromatic nitrogens is 1. The number of benzene rings is 3.